The van der Waals surface area contributed by atoms with Crippen molar-refractivity contribution in [1.29, 1.82) is 0 Å². The monoisotopic (exact) mass is 258 g/mol. The SMILES string of the molecule is CC1(C)OCC(CNC(=O)C2(N)CCOCC2)O1. The molecule has 2 fully saturated rings. The van der Waals surface area contributed by atoms with Gasteiger partial charge in [0.2, 0.25) is 5.91 Å². The van der Waals surface area contributed by atoms with Gasteiger partial charge in [0.05, 0.1) is 12.1 Å². The van der Waals surface area contributed by atoms with E-state index in [2.05, 4.69) is 5.32 Å². The number of hydrogen-bond donors (Lipinski definition) is 2. The highest BCUT2D eigenvalue weighted by atomic mass is 16.7. The summed E-state index contributed by atoms with van der Waals surface area (Å²) in [5, 5.41) is 2.85. The van der Waals surface area contributed by atoms with Crippen molar-refractivity contribution in [3.05, 3.63) is 0 Å². The van der Waals surface area contributed by atoms with Crippen LogP contribution in [-0.4, -0.2) is 49.7 Å². The van der Waals surface area contributed by atoms with Crippen LogP contribution < -0.4 is 11.1 Å². The van der Waals surface area contributed by atoms with Crippen molar-refractivity contribution in [2.75, 3.05) is 26.4 Å². The van der Waals surface area contributed by atoms with E-state index in [1.54, 1.807) is 0 Å². The van der Waals surface area contributed by atoms with Gasteiger partial charge in [0, 0.05) is 19.8 Å². The van der Waals surface area contributed by atoms with Gasteiger partial charge in [-0.1, -0.05) is 0 Å². The Balaban J connectivity index is 1.78. The molecule has 3 N–H and O–H groups in total. The summed E-state index contributed by atoms with van der Waals surface area (Å²) < 4.78 is 16.3. The molecule has 18 heavy (non-hydrogen) atoms. The van der Waals surface area contributed by atoms with Gasteiger partial charge in [0.25, 0.3) is 0 Å². The first-order valence-electron chi connectivity index (χ1n) is 6.38. The number of nitrogens with two attached hydrogens (primary N) is 1. The zero-order chi connectivity index (χ0) is 13.2. The van der Waals surface area contributed by atoms with Gasteiger partial charge >= 0.3 is 0 Å². The Hall–Kier alpha value is -0.690. The molecule has 2 saturated heterocycles. The highest BCUT2D eigenvalue weighted by molar-refractivity contribution is 5.86. The van der Waals surface area contributed by atoms with E-state index >= 15 is 0 Å². The molecule has 0 radical (unpaired) electrons. The van der Waals surface area contributed by atoms with Crippen molar-refractivity contribution in [2.24, 2.45) is 5.73 Å². The van der Waals surface area contributed by atoms with E-state index in [9.17, 15) is 4.79 Å². The molecule has 2 aliphatic heterocycles. The van der Waals surface area contributed by atoms with Gasteiger partial charge in [-0.2, -0.15) is 0 Å². The molecule has 0 spiro atoms. The average molecular weight is 258 g/mol. The molecule has 1 atom stereocenters. The van der Waals surface area contributed by atoms with Crippen LogP contribution in [0.15, 0.2) is 0 Å². The van der Waals surface area contributed by atoms with E-state index in [4.69, 9.17) is 19.9 Å². The molecule has 0 aromatic rings. The maximum absolute atomic E-state index is 12.0. The Morgan fingerprint density at radius 2 is 2.06 bits per heavy atom. The second kappa shape index (κ2) is 5.13. The maximum Gasteiger partial charge on any atom is 0.240 e. The first-order chi connectivity index (χ1) is 8.41. The number of hydrogen-bond acceptors (Lipinski definition) is 5. The fourth-order valence-corrected chi connectivity index (χ4v) is 2.21. The van der Waals surface area contributed by atoms with Crippen LogP contribution in [0.1, 0.15) is 26.7 Å². The molecular formula is C12H22N2O4. The number of carbonyl (C=O) groups is 1. The summed E-state index contributed by atoms with van der Waals surface area (Å²) in [4.78, 5) is 12.0. The average Bonchev–Trinajstić information content (AvgIpc) is 2.67. The zero-order valence-electron chi connectivity index (χ0n) is 11.0. The molecule has 0 aromatic heterocycles. The van der Waals surface area contributed by atoms with Crippen molar-refractivity contribution in [3.63, 3.8) is 0 Å². The van der Waals surface area contributed by atoms with Crippen LogP contribution in [0.4, 0.5) is 0 Å². The third-order valence-electron chi connectivity index (χ3n) is 3.39. The molecule has 104 valence electrons. The quantitative estimate of drug-likeness (QED) is 0.730. The van der Waals surface area contributed by atoms with Gasteiger partial charge in [-0.05, 0) is 26.7 Å². The summed E-state index contributed by atoms with van der Waals surface area (Å²) in [5.74, 6) is -0.687. The van der Waals surface area contributed by atoms with Gasteiger partial charge in [0.1, 0.15) is 6.10 Å². The predicted octanol–water partition coefficient (Wildman–Crippen LogP) is -0.238. The Kier molecular flexibility index (Phi) is 3.91. The molecule has 6 nitrogen and oxygen atoms in total. The minimum atomic E-state index is -0.798. The molecule has 1 unspecified atom stereocenters. The van der Waals surface area contributed by atoms with Crippen LogP contribution >= 0.6 is 0 Å². The van der Waals surface area contributed by atoms with Crippen molar-refractivity contribution in [2.45, 2.75) is 44.1 Å². The Morgan fingerprint density at radius 3 is 2.61 bits per heavy atom. The van der Waals surface area contributed by atoms with Crippen LogP contribution in [0, 0.1) is 0 Å². The molecular weight excluding hydrogens is 236 g/mol. The highest BCUT2D eigenvalue weighted by Crippen LogP contribution is 2.22. The van der Waals surface area contributed by atoms with Crippen molar-refractivity contribution >= 4 is 5.91 Å². The van der Waals surface area contributed by atoms with Crippen LogP contribution in [0.3, 0.4) is 0 Å². The lowest BCUT2D eigenvalue weighted by Crippen LogP contribution is -2.57. The van der Waals surface area contributed by atoms with E-state index in [0.717, 1.165) is 0 Å². The lowest BCUT2D eigenvalue weighted by Gasteiger charge is -2.32. The molecule has 0 aromatic carbocycles. The van der Waals surface area contributed by atoms with Crippen LogP contribution in [0.25, 0.3) is 0 Å². The third-order valence-corrected chi connectivity index (χ3v) is 3.39. The molecule has 1 amide bonds. The fourth-order valence-electron chi connectivity index (χ4n) is 2.21. The normalized spacial score (nSPS) is 30.1. The zero-order valence-corrected chi connectivity index (χ0v) is 11.0. The largest absolute Gasteiger partial charge is 0.381 e. The summed E-state index contributed by atoms with van der Waals surface area (Å²) in [6.45, 7) is 5.73. The lowest BCUT2D eigenvalue weighted by molar-refractivity contribution is -0.141. The number of rotatable bonds is 3. The van der Waals surface area contributed by atoms with E-state index in [1.165, 1.54) is 0 Å². The third kappa shape index (κ3) is 3.20. The smallest absolute Gasteiger partial charge is 0.240 e. The summed E-state index contributed by atoms with van der Waals surface area (Å²) in [5.41, 5.74) is 5.28. The first-order valence-corrected chi connectivity index (χ1v) is 6.38. The molecule has 6 heteroatoms. The minimum Gasteiger partial charge on any atom is -0.381 e. The van der Waals surface area contributed by atoms with Crippen molar-refractivity contribution < 1.29 is 19.0 Å². The summed E-state index contributed by atoms with van der Waals surface area (Å²) in [6.07, 6.45) is 1.02. The summed E-state index contributed by atoms with van der Waals surface area (Å²) in [7, 11) is 0. The lowest BCUT2D eigenvalue weighted by atomic mass is 9.90. The number of amides is 1. The minimum absolute atomic E-state index is 0.104. The van der Waals surface area contributed by atoms with Crippen LogP contribution in [0.2, 0.25) is 0 Å². The molecule has 0 saturated carbocycles. The molecule has 0 bridgehead atoms. The standard InChI is InChI=1S/C12H22N2O4/c1-11(2)17-8-9(18-11)7-14-10(15)12(13)3-5-16-6-4-12/h9H,3-8,13H2,1-2H3,(H,14,15). The second-order valence-corrected chi connectivity index (χ2v) is 5.43. The van der Waals surface area contributed by atoms with Gasteiger partial charge < -0.3 is 25.3 Å². The van der Waals surface area contributed by atoms with Gasteiger partial charge in [0.15, 0.2) is 5.79 Å². The molecule has 2 aliphatic rings. The maximum atomic E-state index is 12.0. The van der Waals surface area contributed by atoms with Gasteiger partial charge in [-0.3, -0.25) is 4.79 Å². The topological polar surface area (TPSA) is 82.8 Å². The Morgan fingerprint density at radius 1 is 1.39 bits per heavy atom. The van der Waals surface area contributed by atoms with E-state index in [-0.39, 0.29) is 12.0 Å². The molecule has 0 aliphatic carbocycles. The highest BCUT2D eigenvalue weighted by Gasteiger charge is 2.37. The van der Waals surface area contributed by atoms with Crippen LogP contribution in [-0.2, 0) is 19.0 Å². The number of ether oxygens (including phenoxy) is 3. The second-order valence-electron chi connectivity index (χ2n) is 5.43. The number of carbonyl (C=O) groups excluding carboxylic acids is 1. The predicted molar refractivity (Wildman–Crippen MR) is 64.9 cm³/mol. The van der Waals surface area contributed by atoms with Gasteiger partial charge in [-0.15, -0.1) is 0 Å². The Bertz CT molecular complexity index is 313. The van der Waals surface area contributed by atoms with Crippen molar-refractivity contribution in [1.82, 2.24) is 5.32 Å². The summed E-state index contributed by atoms with van der Waals surface area (Å²) >= 11 is 0. The summed E-state index contributed by atoms with van der Waals surface area (Å²) in [6, 6.07) is 0. The van der Waals surface area contributed by atoms with E-state index < -0.39 is 11.3 Å². The van der Waals surface area contributed by atoms with E-state index in [0.29, 0.717) is 39.2 Å². The first kappa shape index (κ1) is 13.7. The molecule has 2 heterocycles. The van der Waals surface area contributed by atoms with Crippen molar-refractivity contribution in [3.8, 4) is 0 Å². The fraction of sp³-hybridized carbons (Fsp3) is 0.917. The Labute approximate surface area is 107 Å². The van der Waals surface area contributed by atoms with E-state index in [1.807, 2.05) is 13.8 Å². The molecule has 2 rings (SSSR count). The number of nitrogens with one attached hydrogen (secondary N) is 1. The van der Waals surface area contributed by atoms with Crippen LogP contribution in [0.5, 0.6) is 0 Å². The van der Waals surface area contributed by atoms with Gasteiger partial charge in [-0.25, -0.2) is 0 Å².